The number of aryl methyl sites for hydroxylation is 2. The molecule has 30 heavy (non-hydrogen) atoms. The lowest BCUT2D eigenvalue weighted by molar-refractivity contribution is -0.138. The Bertz CT molecular complexity index is 1180. The highest BCUT2D eigenvalue weighted by Crippen LogP contribution is 2.28. The summed E-state index contributed by atoms with van der Waals surface area (Å²) in [7, 11) is 5.50. The zero-order chi connectivity index (χ0) is 21.8. The predicted molar refractivity (Wildman–Crippen MR) is 111 cm³/mol. The van der Waals surface area contributed by atoms with E-state index >= 15 is 0 Å². The molecular formula is C17H23N11O2. The van der Waals surface area contributed by atoms with Crippen molar-refractivity contribution in [1.29, 1.82) is 0 Å². The molecule has 13 heteroatoms. The molecule has 0 unspecified atom stereocenters. The van der Waals surface area contributed by atoms with E-state index in [0.717, 1.165) is 29.7 Å². The number of fused-ring (bicyclic) bond motifs is 2. The van der Waals surface area contributed by atoms with Crippen LogP contribution in [0.2, 0.25) is 0 Å². The molecule has 4 aromatic heterocycles. The molecule has 0 bridgehead atoms. The summed E-state index contributed by atoms with van der Waals surface area (Å²) in [5.41, 5.74) is 14.0. The molecule has 0 radical (unpaired) electrons. The number of nitrogens with one attached hydrogen (secondary N) is 1. The molecule has 0 aromatic carbocycles. The van der Waals surface area contributed by atoms with E-state index in [1.807, 2.05) is 14.1 Å². The maximum atomic E-state index is 9.76. The van der Waals surface area contributed by atoms with Gasteiger partial charge in [-0.2, -0.15) is 9.97 Å². The first-order chi connectivity index (χ1) is 14.3. The van der Waals surface area contributed by atoms with Gasteiger partial charge in [-0.25, -0.2) is 19.9 Å². The number of nitrogens with zero attached hydrogens (tertiary/aromatic N) is 8. The van der Waals surface area contributed by atoms with Gasteiger partial charge in [0.05, 0.1) is 18.6 Å². The molecule has 1 aliphatic rings. The molecule has 4 heterocycles. The second-order valence-corrected chi connectivity index (χ2v) is 6.61. The second-order valence-electron chi connectivity index (χ2n) is 6.61. The number of aromatic nitrogens is 8. The number of nitrogens with two attached hydrogens (primary N) is 2. The largest absolute Gasteiger partial charge is 0.481 e. The smallest absolute Gasteiger partial charge is 0.306 e. The van der Waals surface area contributed by atoms with Crippen LogP contribution >= 0.6 is 0 Å². The number of anilines is 3. The molecule has 1 saturated carbocycles. The summed E-state index contributed by atoms with van der Waals surface area (Å²) in [6.07, 6.45) is 6.57. The number of imidazole rings is 2. The van der Waals surface area contributed by atoms with Crippen LogP contribution in [0.1, 0.15) is 12.8 Å². The summed E-state index contributed by atoms with van der Waals surface area (Å²) >= 11 is 0. The van der Waals surface area contributed by atoms with Crippen molar-refractivity contribution in [3.8, 4) is 0 Å². The predicted octanol–water partition coefficient (Wildman–Crippen LogP) is 0.414. The number of carboxylic acids is 1. The summed E-state index contributed by atoms with van der Waals surface area (Å²) in [6, 6.07) is 0. The number of carbonyl (C=O) groups is 1. The molecule has 13 nitrogen and oxygen atoms in total. The Balaban J connectivity index is 0.000000136. The summed E-state index contributed by atoms with van der Waals surface area (Å²) in [5.74, 6) is 0.721. The van der Waals surface area contributed by atoms with Gasteiger partial charge in [-0.3, -0.25) is 4.79 Å². The van der Waals surface area contributed by atoms with Gasteiger partial charge in [0.2, 0.25) is 5.95 Å². The first-order valence-corrected chi connectivity index (χ1v) is 9.04. The zero-order valence-electron chi connectivity index (χ0n) is 16.8. The maximum absolute atomic E-state index is 9.76. The van der Waals surface area contributed by atoms with Gasteiger partial charge in [-0.1, -0.05) is 0 Å². The first kappa shape index (κ1) is 20.7. The lowest BCUT2D eigenvalue weighted by atomic mass is 10.5. The quantitative estimate of drug-likeness (QED) is 0.356. The average molecular weight is 413 g/mol. The van der Waals surface area contributed by atoms with E-state index in [1.165, 1.54) is 6.33 Å². The lowest BCUT2D eigenvalue weighted by Crippen LogP contribution is -2.02. The Morgan fingerprint density at radius 3 is 2.20 bits per heavy atom. The SMILES string of the molecule is CNc1nc(N)nc2c1ncn2C.Cn1cnc2c(N)ncnc21.O=C(O)C1CC1. The number of hydrogen-bond acceptors (Lipinski definition) is 10. The highest BCUT2D eigenvalue weighted by atomic mass is 16.4. The van der Waals surface area contributed by atoms with Gasteiger partial charge in [0, 0.05) is 21.1 Å². The molecule has 6 N–H and O–H groups in total. The molecule has 0 saturated heterocycles. The normalized spacial score (nSPS) is 12.6. The van der Waals surface area contributed by atoms with Crippen molar-refractivity contribution in [2.75, 3.05) is 23.8 Å². The van der Waals surface area contributed by atoms with Gasteiger partial charge in [-0.15, -0.1) is 0 Å². The third-order valence-electron chi connectivity index (χ3n) is 4.27. The van der Waals surface area contributed by atoms with Gasteiger partial charge in [0.15, 0.2) is 28.4 Å². The van der Waals surface area contributed by atoms with Gasteiger partial charge >= 0.3 is 5.97 Å². The van der Waals surface area contributed by atoms with E-state index in [9.17, 15) is 4.79 Å². The molecule has 158 valence electrons. The van der Waals surface area contributed by atoms with Gasteiger partial charge in [0.25, 0.3) is 0 Å². The fourth-order valence-corrected chi connectivity index (χ4v) is 2.49. The molecule has 4 aromatic rings. The van der Waals surface area contributed by atoms with Crippen LogP contribution in [-0.4, -0.2) is 57.2 Å². The minimum atomic E-state index is -0.630. The fraction of sp³-hybridized carbons (Fsp3) is 0.353. The van der Waals surface area contributed by atoms with Crippen LogP contribution in [0.25, 0.3) is 22.3 Å². The molecule has 1 aliphatic carbocycles. The number of rotatable bonds is 2. The van der Waals surface area contributed by atoms with Crippen LogP contribution in [0.4, 0.5) is 17.6 Å². The van der Waals surface area contributed by atoms with Crippen LogP contribution in [0.15, 0.2) is 19.0 Å². The Kier molecular flexibility index (Phi) is 5.90. The van der Waals surface area contributed by atoms with Crippen LogP contribution in [0.3, 0.4) is 0 Å². The summed E-state index contributed by atoms with van der Waals surface area (Å²) in [6.45, 7) is 0. The van der Waals surface area contributed by atoms with Crippen LogP contribution in [0, 0.1) is 5.92 Å². The zero-order valence-corrected chi connectivity index (χ0v) is 16.8. The molecule has 0 spiro atoms. The third-order valence-corrected chi connectivity index (χ3v) is 4.27. The van der Waals surface area contributed by atoms with Gasteiger partial charge in [-0.05, 0) is 12.8 Å². The summed E-state index contributed by atoms with van der Waals surface area (Å²) < 4.78 is 3.60. The Hall–Kier alpha value is -4.03. The first-order valence-electron chi connectivity index (χ1n) is 9.04. The van der Waals surface area contributed by atoms with Crippen molar-refractivity contribution in [2.45, 2.75) is 12.8 Å². The van der Waals surface area contributed by atoms with Crippen molar-refractivity contribution < 1.29 is 9.90 Å². The van der Waals surface area contributed by atoms with E-state index in [1.54, 1.807) is 28.8 Å². The van der Waals surface area contributed by atoms with Gasteiger partial charge < -0.3 is 31.0 Å². The molecule has 0 atom stereocenters. The number of aliphatic carboxylic acids is 1. The Morgan fingerprint density at radius 2 is 1.67 bits per heavy atom. The van der Waals surface area contributed by atoms with E-state index in [4.69, 9.17) is 16.6 Å². The Morgan fingerprint density at radius 1 is 1.03 bits per heavy atom. The van der Waals surface area contributed by atoms with Crippen molar-refractivity contribution in [3.63, 3.8) is 0 Å². The lowest BCUT2D eigenvalue weighted by Gasteiger charge is -2.01. The van der Waals surface area contributed by atoms with Crippen molar-refractivity contribution >= 4 is 45.9 Å². The highest BCUT2D eigenvalue weighted by Gasteiger charge is 2.28. The van der Waals surface area contributed by atoms with E-state index < -0.39 is 5.97 Å². The minimum absolute atomic E-state index is 0.0185. The highest BCUT2D eigenvalue weighted by molar-refractivity contribution is 5.84. The van der Waals surface area contributed by atoms with Gasteiger partial charge in [0.1, 0.15) is 11.8 Å². The minimum Gasteiger partial charge on any atom is -0.481 e. The molecule has 1 fully saturated rings. The molecular weight excluding hydrogens is 390 g/mol. The van der Waals surface area contributed by atoms with E-state index in [0.29, 0.717) is 17.2 Å². The summed E-state index contributed by atoms with van der Waals surface area (Å²) in [5, 5.41) is 11.0. The van der Waals surface area contributed by atoms with Crippen molar-refractivity contribution in [3.05, 3.63) is 19.0 Å². The molecule has 0 aliphatic heterocycles. The Labute approximate surface area is 171 Å². The van der Waals surface area contributed by atoms with Crippen LogP contribution in [0.5, 0.6) is 0 Å². The topological polar surface area (TPSA) is 189 Å². The standard InChI is InChI=1S/C7H10N6.C6H7N5.C4H6O2/c1-9-5-4-6(12-7(8)11-5)13(2)3-10-4;1-11-3-10-4-5(7)8-2-9-6(4)11;5-4(6)3-1-2-3/h3H,1-2H3,(H3,8,9,11,12);2-3H,1H3,(H2,7,8,9);3H,1-2H2,(H,5,6). The van der Waals surface area contributed by atoms with Crippen LogP contribution < -0.4 is 16.8 Å². The van der Waals surface area contributed by atoms with Crippen molar-refractivity contribution in [2.24, 2.45) is 20.0 Å². The van der Waals surface area contributed by atoms with Crippen molar-refractivity contribution in [1.82, 2.24) is 39.0 Å². The molecule has 0 amide bonds. The summed E-state index contributed by atoms with van der Waals surface area (Å²) in [4.78, 5) is 33.8. The monoisotopic (exact) mass is 413 g/mol. The fourth-order valence-electron chi connectivity index (χ4n) is 2.49. The van der Waals surface area contributed by atoms with E-state index in [2.05, 4.69) is 35.2 Å². The number of nitrogen functional groups attached to an aromatic ring is 2. The van der Waals surface area contributed by atoms with E-state index in [-0.39, 0.29) is 11.9 Å². The van der Waals surface area contributed by atoms with Crippen LogP contribution in [-0.2, 0) is 18.9 Å². The maximum Gasteiger partial charge on any atom is 0.306 e. The average Bonchev–Trinajstić information content (AvgIpc) is 3.43. The second kappa shape index (κ2) is 8.55. The number of hydrogen-bond donors (Lipinski definition) is 4. The third kappa shape index (κ3) is 4.51. The molecule has 5 rings (SSSR count). The number of carboxylic acid groups (broad SMARTS) is 1.